The van der Waals surface area contributed by atoms with Gasteiger partial charge < -0.3 is 9.64 Å². The molecule has 1 aliphatic heterocycles. The maximum absolute atomic E-state index is 12.9. The van der Waals surface area contributed by atoms with Gasteiger partial charge in [0.2, 0.25) is 0 Å². The van der Waals surface area contributed by atoms with Gasteiger partial charge in [0, 0.05) is 16.6 Å². The van der Waals surface area contributed by atoms with E-state index in [1.54, 1.807) is 7.11 Å². The summed E-state index contributed by atoms with van der Waals surface area (Å²) in [5, 5.41) is 0. The first-order valence-electron chi connectivity index (χ1n) is 7.35. The Hall–Kier alpha value is -1.81. The molecule has 2 aromatic carbocycles. The minimum Gasteiger partial charge on any atom is -0.495 e. The molecule has 0 radical (unpaired) electrons. The minimum atomic E-state index is 0.0253. The molecule has 1 heterocycles. The summed E-state index contributed by atoms with van der Waals surface area (Å²) in [5.74, 6) is 0.795. The number of rotatable bonds is 2. The van der Waals surface area contributed by atoms with Crippen molar-refractivity contribution in [2.24, 2.45) is 0 Å². The monoisotopic (exact) mass is 359 g/mol. The number of hydrogen-bond donors (Lipinski definition) is 0. The highest BCUT2D eigenvalue weighted by molar-refractivity contribution is 9.10. The summed E-state index contributed by atoms with van der Waals surface area (Å²) in [6.07, 6.45) is 1.96. The largest absolute Gasteiger partial charge is 0.495 e. The molecule has 1 amide bonds. The molecule has 0 bridgehead atoms. The second kappa shape index (κ2) is 6.13. The maximum atomic E-state index is 12.9. The highest BCUT2D eigenvalue weighted by atomic mass is 79.9. The number of anilines is 1. The van der Waals surface area contributed by atoms with E-state index in [0.717, 1.165) is 35.3 Å². The van der Waals surface area contributed by atoms with Gasteiger partial charge in [-0.15, -0.1) is 0 Å². The summed E-state index contributed by atoms with van der Waals surface area (Å²) in [7, 11) is 1.65. The zero-order valence-corrected chi connectivity index (χ0v) is 14.3. The lowest BCUT2D eigenvalue weighted by Crippen LogP contribution is -2.36. The molecule has 4 heteroatoms. The van der Waals surface area contributed by atoms with Crippen LogP contribution in [0.3, 0.4) is 0 Å². The number of halogens is 1. The molecule has 0 spiro atoms. The van der Waals surface area contributed by atoms with Gasteiger partial charge in [0.05, 0.1) is 12.8 Å². The number of nitrogens with zero attached hydrogens (tertiary/aromatic N) is 1. The van der Waals surface area contributed by atoms with Crippen LogP contribution in [0.5, 0.6) is 5.75 Å². The summed E-state index contributed by atoms with van der Waals surface area (Å²) in [6.45, 7) is 2.81. The number of fused-ring (bicyclic) bond motifs is 1. The zero-order valence-electron chi connectivity index (χ0n) is 12.7. The number of hydrogen-bond acceptors (Lipinski definition) is 2. The van der Waals surface area contributed by atoms with E-state index in [-0.39, 0.29) is 5.91 Å². The minimum absolute atomic E-state index is 0.0253. The van der Waals surface area contributed by atoms with Gasteiger partial charge in [-0.1, -0.05) is 22.0 Å². The second-order valence-corrected chi connectivity index (χ2v) is 6.39. The Balaban J connectivity index is 2.06. The Morgan fingerprint density at radius 1 is 1.18 bits per heavy atom. The molecular weight excluding hydrogens is 342 g/mol. The third-order valence-corrected chi connectivity index (χ3v) is 4.64. The number of methoxy groups -OCH3 is 1. The third-order valence-electron chi connectivity index (χ3n) is 4.11. The smallest absolute Gasteiger partial charge is 0.258 e. The third kappa shape index (κ3) is 2.63. The molecule has 0 aliphatic carbocycles. The first-order valence-corrected chi connectivity index (χ1v) is 8.15. The average molecular weight is 360 g/mol. The molecule has 0 atom stereocenters. The van der Waals surface area contributed by atoms with Gasteiger partial charge >= 0.3 is 0 Å². The van der Waals surface area contributed by atoms with Crippen LogP contribution in [-0.2, 0) is 6.42 Å². The van der Waals surface area contributed by atoms with Crippen LogP contribution in [0.25, 0.3) is 0 Å². The van der Waals surface area contributed by atoms with Crippen molar-refractivity contribution >= 4 is 27.5 Å². The average Bonchev–Trinajstić information content (AvgIpc) is 2.55. The molecular formula is C18H18BrNO2. The molecule has 3 rings (SSSR count). The number of aryl methyl sites for hydroxylation is 1. The van der Waals surface area contributed by atoms with Gasteiger partial charge in [0.25, 0.3) is 5.91 Å². The van der Waals surface area contributed by atoms with Crippen molar-refractivity contribution in [1.29, 1.82) is 0 Å². The lowest BCUT2D eigenvalue weighted by atomic mass is 9.95. The lowest BCUT2D eigenvalue weighted by Gasteiger charge is -2.32. The van der Waals surface area contributed by atoms with Crippen LogP contribution in [0.15, 0.2) is 40.9 Å². The van der Waals surface area contributed by atoms with E-state index in [1.807, 2.05) is 35.2 Å². The molecule has 0 N–H and O–H groups in total. The quantitative estimate of drug-likeness (QED) is 0.797. The Morgan fingerprint density at radius 3 is 2.59 bits per heavy atom. The molecule has 2 aromatic rings. The van der Waals surface area contributed by atoms with E-state index in [9.17, 15) is 4.79 Å². The highest BCUT2D eigenvalue weighted by Crippen LogP contribution is 2.38. The summed E-state index contributed by atoms with van der Waals surface area (Å²) in [6, 6.07) is 11.5. The number of carbonyl (C=O) groups excluding carboxylic acids is 1. The van der Waals surface area contributed by atoms with Crippen molar-refractivity contribution in [2.45, 2.75) is 19.8 Å². The highest BCUT2D eigenvalue weighted by Gasteiger charge is 2.27. The van der Waals surface area contributed by atoms with E-state index in [1.165, 1.54) is 11.1 Å². The molecule has 22 heavy (non-hydrogen) atoms. The fraction of sp³-hybridized carbons (Fsp3) is 0.278. The van der Waals surface area contributed by atoms with Crippen LogP contribution in [0.4, 0.5) is 5.69 Å². The van der Waals surface area contributed by atoms with Gasteiger partial charge in [-0.05, 0) is 61.2 Å². The molecule has 0 fully saturated rings. The van der Waals surface area contributed by atoms with Crippen LogP contribution in [0, 0.1) is 6.92 Å². The first-order chi connectivity index (χ1) is 10.6. The number of ether oxygens (including phenoxy) is 1. The van der Waals surface area contributed by atoms with E-state index in [4.69, 9.17) is 4.74 Å². The second-order valence-electron chi connectivity index (χ2n) is 5.48. The van der Waals surface area contributed by atoms with E-state index in [2.05, 4.69) is 28.9 Å². The van der Waals surface area contributed by atoms with E-state index >= 15 is 0 Å². The lowest BCUT2D eigenvalue weighted by molar-refractivity contribution is 0.0984. The predicted octanol–water partition coefficient (Wildman–Crippen LogP) is 4.36. The Bertz CT molecular complexity index is 710. The standard InChI is InChI=1S/C18H18BrNO2/c1-12-5-10-16(22-2)17-15(12)4-3-11-20(17)18(21)13-6-8-14(19)9-7-13/h5-10H,3-4,11H2,1-2H3. The van der Waals surface area contributed by atoms with Gasteiger partial charge in [0.15, 0.2) is 0 Å². The van der Waals surface area contributed by atoms with Crippen LogP contribution in [0.1, 0.15) is 27.9 Å². The van der Waals surface area contributed by atoms with Crippen molar-refractivity contribution in [3.8, 4) is 5.75 Å². The van der Waals surface area contributed by atoms with Crippen LogP contribution < -0.4 is 9.64 Å². The van der Waals surface area contributed by atoms with E-state index < -0.39 is 0 Å². The maximum Gasteiger partial charge on any atom is 0.258 e. The van der Waals surface area contributed by atoms with Crippen LogP contribution in [-0.4, -0.2) is 19.6 Å². The molecule has 0 saturated heterocycles. The van der Waals surface area contributed by atoms with Crippen molar-refractivity contribution in [1.82, 2.24) is 0 Å². The SMILES string of the molecule is COc1ccc(C)c2c1N(C(=O)c1ccc(Br)cc1)CCC2. The first kappa shape index (κ1) is 15.1. The Kier molecular flexibility index (Phi) is 4.21. The van der Waals surface area contributed by atoms with E-state index in [0.29, 0.717) is 5.56 Å². The molecule has 3 nitrogen and oxygen atoms in total. The van der Waals surface area contributed by atoms with Crippen molar-refractivity contribution in [3.05, 3.63) is 57.6 Å². The van der Waals surface area contributed by atoms with Crippen LogP contribution in [0.2, 0.25) is 0 Å². The number of benzene rings is 2. The fourth-order valence-corrected chi connectivity index (χ4v) is 3.23. The Morgan fingerprint density at radius 2 is 1.91 bits per heavy atom. The van der Waals surface area contributed by atoms with Gasteiger partial charge in [0.1, 0.15) is 5.75 Å². The van der Waals surface area contributed by atoms with Crippen LogP contribution >= 0.6 is 15.9 Å². The fourth-order valence-electron chi connectivity index (χ4n) is 2.97. The predicted molar refractivity (Wildman–Crippen MR) is 91.9 cm³/mol. The number of amides is 1. The normalized spacial score (nSPS) is 13.7. The van der Waals surface area contributed by atoms with Crippen molar-refractivity contribution in [3.63, 3.8) is 0 Å². The number of carbonyl (C=O) groups is 1. The van der Waals surface area contributed by atoms with Crippen molar-refractivity contribution in [2.75, 3.05) is 18.6 Å². The molecule has 0 unspecified atom stereocenters. The summed E-state index contributed by atoms with van der Waals surface area (Å²) < 4.78 is 6.47. The van der Waals surface area contributed by atoms with Gasteiger partial charge in [-0.2, -0.15) is 0 Å². The van der Waals surface area contributed by atoms with Crippen molar-refractivity contribution < 1.29 is 9.53 Å². The molecule has 114 valence electrons. The van der Waals surface area contributed by atoms with Gasteiger partial charge in [-0.25, -0.2) is 0 Å². The molecule has 0 aromatic heterocycles. The summed E-state index contributed by atoms with van der Waals surface area (Å²) in [4.78, 5) is 14.8. The topological polar surface area (TPSA) is 29.5 Å². The Labute approximate surface area is 139 Å². The molecule has 1 aliphatic rings. The summed E-state index contributed by atoms with van der Waals surface area (Å²) >= 11 is 3.40. The molecule has 0 saturated carbocycles. The van der Waals surface area contributed by atoms with Gasteiger partial charge in [-0.3, -0.25) is 4.79 Å². The summed E-state index contributed by atoms with van der Waals surface area (Å²) in [5.41, 5.74) is 4.06. The zero-order chi connectivity index (χ0) is 15.7.